The minimum Gasteiger partial charge on any atom is -0.352 e. The lowest BCUT2D eigenvalue weighted by atomic mass is 9.97. The molecule has 1 aliphatic rings. The molecule has 0 fully saturated rings. The summed E-state index contributed by atoms with van der Waals surface area (Å²) in [6.45, 7) is 4.17. The van der Waals surface area contributed by atoms with Crippen molar-refractivity contribution in [3.63, 3.8) is 0 Å². The third-order valence-corrected chi connectivity index (χ3v) is 2.95. The molecule has 15 heavy (non-hydrogen) atoms. The third kappa shape index (κ3) is 2.02. The molecule has 78 valence electrons. The second-order valence-corrected chi connectivity index (χ2v) is 4.16. The van der Waals surface area contributed by atoms with Gasteiger partial charge in [0, 0.05) is 5.70 Å². The van der Waals surface area contributed by atoms with E-state index < -0.39 is 0 Å². The Morgan fingerprint density at radius 2 is 1.80 bits per heavy atom. The van der Waals surface area contributed by atoms with E-state index in [9.17, 15) is 0 Å². The van der Waals surface area contributed by atoms with E-state index >= 15 is 0 Å². The fourth-order valence-electron chi connectivity index (χ4n) is 1.74. The van der Waals surface area contributed by atoms with Gasteiger partial charge in [0.2, 0.25) is 0 Å². The Balaban J connectivity index is 2.37. The van der Waals surface area contributed by atoms with Gasteiger partial charge in [0.25, 0.3) is 0 Å². The fourth-order valence-corrected chi connectivity index (χ4v) is 2.01. The first-order valence-electron chi connectivity index (χ1n) is 4.98. The molecule has 1 aromatic carbocycles. The highest BCUT2D eigenvalue weighted by Gasteiger charge is 2.20. The first-order chi connectivity index (χ1) is 7.18. The Morgan fingerprint density at radius 1 is 1.13 bits per heavy atom. The van der Waals surface area contributed by atoms with Crippen molar-refractivity contribution < 1.29 is 0 Å². The van der Waals surface area contributed by atoms with Crippen LogP contribution in [-0.2, 0) is 0 Å². The van der Waals surface area contributed by atoms with Crippen LogP contribution in [0.25, 0.3) is 0 Å². The van der Waals surface area contributed by atoms with Gasteiger partial charge in [-0.2, -0.15) is 0 Å². The molecule has 1 aliphatic heterocycles. The average molecular weight is 218 g/mol. The highest BCUT2D eigenvalue weighted by molar-refractivity contribution is 7.80. The molecule has 3 heteroatoms. The summed E-state index contributed by atoms with van der Waals surface area (Å²) in [6.07, 6.45) is 0. The number of nitrogens with one attached hydrogen (secondary N) is 2. The molecule has 0 bridgehead atoms. The molecule has 2 N–H and O–H groups in total. The molecule has 0 aromatic heterocycles. The smallest absolute Gasteiger partial charge is 0.171 e. The van der Waals surface area contributed by atoms with E-state index in [1.54, 1.807) is 0 Å². The second kappa shape index (κ2) is 4.03. The number of hydrogen-bond acceptors (Lipinski definition) is 1. The van der Waals surface area contributed by atoms with Crippen LogP contribution in [-0.4, -0.2) is 5.11 Å². The lowest BCUT2D eigenvalue weighted by Crippen LogP contribution is -2.42. The molecular weight excluding hydrogens is 204 g/mol. The molecule has 2 nitrogen and oxygen atoms in total. The van der Waals surface area contributed by atoms with Crippen molar-refractivity contribution in [1.29, 1.82) is 0 Å². The summed E-state index contributed by atoms with van der Waals surface area (Å²) >= 11 is 5.16. The van der Waals surface area contributed by atoms with E-state index in [1.807, 2.05) is 18.2 Å². The molecular formula is C12H14N2S. The molecule has 0 spiro atoms. The van der Waals surface area contributed by atoms with Gasteiger partial charge in [0.1, 0.15) is 0 Å². The van der Waals surface area contributed by atoms with Crippen LogP contribution in [0.5, 0.6) is 0 Å². The molecule has 0 radical (unpaired) electrons. The van der Waals surface area contributed by atoms with Crippen molar-refractivity contribution in [2.45, 2.75) is 19.9 Å². The Hall–Kier alpha value is -1.35. The quantitative estimate of drug-likeness (QED) is 0.708. The summed E-state index contributed by atoms with van der Waals surface area (Å²) in [5.41, 5.74) is 3.68. The highest BCUT2D eigenvalue weighted by Crippen LogP contribution is 2.25. The van der Waals surface area contributed by atoms with Crippen molar-refractivity contribution in [3.05, 3.63) is 47.2 Å². The zero-order chi connectivity index (χ0) is 10.8. The van der Waals surface area contributed by atoms with Gasteiger partial charge in [-0.25, -0.2) is 0 Å². The van der Waals surface area contributed by atoms with Gasteiger partial charge >= 0.3 is 0 Å². The molecule has 0 amide bonds. The Morgan fingerprint density at radius 3 is 2.47 bits per heavy atom. The molecule has 1 atom stereocenters. The molecule has 1 aromatic rings. The van der Waals surface area contributed by atoms with Crippen LogP contribution >= 0.6 is 12.2 Å². The minimum absolute atomic E-state index is 0.208. The van der Waals surface area contributed by atoms with Gasteiger partial charge < -0.3 is 10.6 Å². The van der Waals surface area contributed by atoms with Crippen LogP contribution in [0, 0.1) is 0 Å². The lowest BCUT2D eigenvalue weighted by Gasteiger charge is -2.29. The summed E-state index contributed by atoms with van der Waals surface area (Å²) in [5.74, 6) is 0. The topological polar surface area (TPSA) is 24.1 Å². The summed E-state index contributed by atoms with van der Waals surface area (Å²) < 4.78 is 0. The number of thiocarbonyl (C=S) groups is 1. The predicted octanol–water partition coefficient (Wildman–Crippen LogP) is 2.50. The molecule has 2 rings (SSSR count). The van der Waals surface area contributed by atoms with Crippen LogP contribution in [0.1, 0.15) is 25.5 Å². The van der Waals surface area contributed by atoms with E-state index in [-0.39, 0.29) is 6.04 Å². The van der Waals surface area contributed by atoms with Gasteiger partial charge in [0.15, 0.2) is 5.11 Å². The van der Waals surface area contributed by atoms with Crippen LogP contribution in [0.15, 0.2) is 41.6 Å². The predicted molar refractivity (Wildman–Crippen MR) is 66.4 cm³/mol. The second-order valence-electron chi connectivity index (χ2n) is 3.75. The first kappa shape index (κ1) is 10.2. The maximum atomic E-state index is 5.16. The van der Waals surface area contributed by atoms with Gasteiger partial charge in [-0.1, -0.05) is 30.3 Å². The van der Waals surface area contributed by atoms with Crippen LogP contribution in [0.2, 0.25) is 0 Å². The van der Waals surface area contributed by atoms with Gasteiger partial charge in [0.05, 0.1) is 6.04 Å². The van der Waals surface area contributed by atoms with Crippen LogP contribution in [0.3, 0.4) is 0 Å². The van der Waals surface area contributed by atoms with Crippen molar-refractivity contribution in [2.24, 2.45) is 0 Å². The highest BCUT2D eigenvalue weighted by atomic mass is 32.1. The zero-order valence-electron chi connectivity index (χ0n) is 8.87. The van der Waals surface area contributed by atoms with Crippen molar-refractivity contribution in [2.75, 3.05) is 0 Å². The largest absolute Gasteiger partial charge is 0.352 e. The summed E-state index contributed by atoms with van der Waals surface area (Å²) in [7, 11) is 0. The number of benzene rings is 1. The van der Waals surface area contributed by atoms with Gasteiger partial charge in [-0.15, -0.1) is 0 Å². The number of allylic oxidation sites excluding steroid dienone is 1. The molecule has 0 saturated heterocycles. The third-order valence-electron chi connectivity index (χ3n) is 2.73. The Kier molecular flexibility index (Phi) is 2.73. The normalized spacial score (nSPS) is 20.9. The van der Waals surface area contributed by atoms with Crippen molar-refractivity contribution >= 4 is 17.3 Å². The van der Waals surface area contributed by atoms with Crippen LogP contribution < -0.4 is 10.6 Å². The summed E-state index contributed by atoms with van der Waals surface area (Å²) in [6, 6.07) is 10.6. The van der Waals surface area contributed by atoms with Crippen molar-refractivity contribution in [3.8, 4) is 0 Å². The summed E-state index contributed by atoms with van der Waals surface area (Å²) in [4.78, 5) is 0. The lowest BCUT2D eigenvalue weighted by molar-refractivity contribution is 0.690. The monoisotopic (exact) mass is 218 g/mol. The molecule has 0 unspecified atom stereocenters. The Bertz CT molecular complexity index is 409. The van der Waals surface area contributed by atoms with E-state index in [1.165, 1.54) is 11.1 Å². The molecule has 0 aliphatic carbocycles. The number of hydrogen-bond donors (Lipinski definition) is 2. The maximum absolute atomic E-state index is 5.16. The maximum Gasteiger partial charge on any atom is 0.171 e. The molecule has 1 heterocycles. The average Bonchev–Trinajstić information content (AvgIpc) is 2.24. The van der Waals surface area contributed by atoms with E-state index in [2.05, 4.69) is 36.6 Å². The van der Waals surface area contributed by atoms with Gasteiger partial charge in [-0.05, 0) is 37.2 Å². The standard InChI is InChI=1S/C12H14N2S/c1-8-9(2)13-12(15)14-11(8)10-6-4-3-5-7-10/h3-7,11H,1-2H3,(H2,13,14,15)/t11-/m0/s1. The zero-order valence-corrected chi connectivity index (χ0v) is 9.69. The van der Waals surface area contributed by atoms with E-state index in [4.69, 9.17) is 12.2 Å². The van der Waals surface area contributed by atoms with Crippen molar-refractivity contribution in [1.82, 2.24) is 10.6 Å². The molecule has 0 saturated carbocycles. The van der Waals surface area contributed by atoms with E-state index in [0.717, 1.165) is 5.70 Å². The fraction of sp³-hybridized carbons (Fsp3) is 0.250. The number of rotatable bonds is 1. The van der Waals surface area contributed by atoms with Crippen LogP contribution in [0.4, 0.5) is 0 Å². The first-order valence-corrected chi connectivity index (χ1v) is 5.39. The van der Waals surface area contributed by atoms with Gasteiger partial charge in [-0.3, -0.25) is 0 Å². The summed E-state index contributed by atoms with van der Waals surface area (Å²) in [5, 5.41) is 7.10. The Labute approximate surface area is 95.4 Å². The van der Waals surface area contributed by atoms with E-state index in [0.29, 0.717) is 5.11 Å². The SMILES string of the molecule is CC1=C(C)[C@@H](c2ccccc2)NC(=S)N1. The minimum atomic E-state index is 0.208.